The summed E-state index contributed by atoms with van der Waals surface area (Å²) in [6, 6.07) is 10.6. The Kier molecular flexibility index (Phi) is 3.58. The lowest BCUT2D eigenvalue weighted by Crippen LogP contribution is -2.06. The zero-order chi connectivity index (χ0) is 14.8. The molecular formula is C16H16FN3O. The van der Waals surface area contributed by atoms with Gasteiger partial charge >= 0.3 is 0 Å². The van der Waals surface area contributed by atoms with Gasteiger partial charge in [-0.15, -0.1) is 0 Å². The van der Waals surface area contributed by atoms with Gasteiger partial charge in [0.2, 0.25) is 0 Å². The molecule has 0 spiro atoms. The van der Waals surface area contributed by atoms with Crippen LogP contribution in [0.3, 0.4) is 0 Å². The molecule has 3 rings (SSSR count). The van der Waals surface area contributed by atoms with Crippen molar-refractivity contribution in [2.75, 3.05) is 13.7 Å². The van der Waals surface area contributed by atoms with Crippen molar-refractivity contribution in [3.05, 3.63) is 54.1 Å². The number of halogens is 1. The number of nitrogens with zero attached hydrogens (tertiary/aromatic N) is 2. The van der Waals surface area contributed by atoms with Crippen LogP contribution in [0.5, 0.6) is 5.75 Å². The molecule has 3 aromatic rings. The molecule has 0 saturated carbocycles. The fraction of sp³-hybridized carbons (Fsp3) is 0.188. The van der Waals surface area contributed by atoms with E-state index in [4.69, 9.17) is 10.5 Å². The van der Waals surface area contributed by atoms with Gasteiger partial charge in [-0.3, -0.25) is 0 Å². The molecule has 0 aliphatic heterocycles. The number of hydrogen-bond acceptors (Lipinski definition) is 3. The van der Waals surface area contributed by atoms with Crippen molar-refractivity contribution in [2.24, 2.45) is 5.73 Å². The van der Waals surface area contributed by atoms with Gasteiger partial charge in [0.15, 0.2) is 11.5 Å². The van der Waals surface area contributed by atoms with E-state index in [1.807, 2.05) is 24.3 Å². The van der Waals surface area contributed by atoms with Crippen molar-refractivity contribution in [2.45, 2.75) is 6.42 Å². The van der Waals surface area contributed by atoms with Crippen molar-refractivity contribution >= 4 is 5.65 Å². The van der Waals surface area contributed by atoms with E-state index in [0.717, 1.165) is 22.7 Å². The molecule has 0 radical (unpaired) electrons. The summed E-state index contributed by atoms with van der Waals surface area (Å²) >= 11 is 0. The maximum absolute atomic E-state index is 13.9. The largest absolute Gasteiger partial charge is 0.497 e. The average molecular weight is 285 g/mol. The van der Waals surface area contributed by atoms with Crippen LogP contribution in [0, 0.1) is 5.82 Å². The summed E-state index contributed by atoms with van der Waals surface area (Å²) in [7, 11) is 1.61. The van der Waals surface area contributed by atoms with E-state index in [1.165, 1.54) is 6.07 Å². The summed E-state index contributed by atoms with van der Waals surface area (Å²) in [5.41, 5.74) is 8.54. The van der Waals surface area contributed by atoms with Crippen LogP contribution in [0.25, 0.3) is 16.9 Å². The first-order valence-corrected chi connectivity index (χ1v) is 6.74. The van der Waals surface area contributed by atoms with Gasteiger partial charge < -0.3 is 14.9 Å². The second-order valence-corrected chi connectivity index (χ2v) is 4.73. The average Bonchev–Trinajstić information content (AvgIpc) is 2.88. The van der Waals surface area contributed by atoms with E-state index in [9.17, 15) is 4.39 Å². The Labute approximate surface area is 122 Å². The highest BCUT2D eigenvalue weighted by Gasteiger charge is 2.16. The van der Waals surface area contributed by atoms with Gasteiger partial charge in [0, 0.05) is 18.2 Å². The summed E-state index contributed by atoms with van der Waals surface area (Å²) < 4.78 is 20.9. The molecule has 0 bridgehead atoms. The summed E-state index contributed by atoms with van der Waals surface area (Å²) in [6.45, 7) is 0.473. The second-order valence-electron chi connectivity index (χ2n) is 4.73. The maximum atomic E-state index is 13.9. The molecule has 5 heteroatoms. The second kappa shape index (κ2) is 5.54. The summed E-state index contributed by atoms with van der Waals surface area (Å²) in [6.07, 6.45) is 2.43. The van der Waals surface area contributed by atoms with Crippen LogP contribution in [0.1, 0.15) is 5.69 Å². The molecule has 0 unspecified atom stereocenters. The van der Waals surface area contributed by atoms with Crippen molar-refractivity contribution in [1.82, 2.24) is 9.38 Å². The van der Waals surface area contributed by atoms with Crippen LogP contribution < -0.4 is 10.5 Å². The summed E-state index contributed by atoms with van der Waals surface area (Å²) in [5, 5.41) is 0. The van der Waals surface area contributed by atoms with Gasteiger partial charge in [-0.05, 0) is 30.8 Å². The monoisotopic (exact) mass is 285 g/mol. The minimum atomic E-state index is -0.343. The molecule has 2 heterocycles. The standard InChI is InChI=1S/C16H16FN3O/c1-21-12-5-2-4-11(10-12)15-14(7-8-18)20-9-3-6-13(17)16(20)19-15/h2-6,9-10H,7-8,18H2,1H3. The summed E-state index contributed by atoms with van der Waals surface area (Å²) in [4.78, 5) is 4.45. The number of aromatic nitrogens is 2. The smallest absolute Gasteiger partial charge is 0.173 e. The normalized spacial score (nSPS) is 11.0. The number of rotatable bonds is 4. The van der Waals surface area contributed by atoms with Gasteiger partial charge in [0.1, 0.15) is 5.75 Å². The van der Waals surface area contributed by atoms with Gasteiger partial charge in [-0.2, -0.15) is 0 Å². The topological polar surface area (TPSA) is 52.5 Å². The van der Waals surface area contributed by atoms with Crippen LogP contribution >= 0.6 is 0 Å². The van der Waals surface area contributed by atoms with Gasteiger partial charge in [-0.1, -0.05) is 12.1 Å². The molecule has 0 saturated heterocycles. The zero-order valence-corrected chi connectivity index (χ0v) is 11.7. The van der Waals surface area contributed by atoms with Crippen LogP contribution in [0.2, 0.25) is 0 Å². The number of imidazole rings is 1. The number of nitrogens with two attached hydrogens (primary N) is 1. The fourth-order valence-corrected chi connectivity index (χ4v) is 2.46. The molecule has 0 amide bonds. The molecule has 0 aliphatic rings. The van der Waals surface area contributed by atoms with Crippen LogP contribution in [-0.2, 0) is 6.42 Å². The first-order valence-electron chi connectivity index (χ1n) is 6.74. The fourth-order valence-electron chi connectivity index (χ4n) is 2.46. The molecule has 1 aromatic carbocycles. The number of fused-ring (bicyclic) bond motifs is 1. The Morgan fingerprint density at radius 3 is 2.90 bits per heavy atom. The van der Waals surface area contributed by atoms with Crippen LogP contribution in [-0.4, -0.2) is 23.0 Å². The summed E-state index contributed by atoms with van der Waals surface area (Å²) in [5.74, 6) is 0.397. The van der Waals surface area contributed by atoms with Crippen LogP contribution in [0.4, 0.5) is 4.39 Å². The third kappa shape index (κ3) is 2.36. The van der Waals surface area contributed by atoms with E-state index < -0.39 is 0 Å². The van der Waals surface area contributed by atoms with E-state index >= 15 is 0 Å². The lowest BCUT2D eigenvalue weighted by molar-refractivity contribution is 0.415. The predicted octanol–water partition coefficient (Wildman–Crippen LogP) is 2.65. The first kappa shape index (κ1) is 13.6. The molecule has 0 atom stereocenters. The van der Waals surface area contributed by atoms with E-state index in [2.05, 4.69) is 4.98 Å². The Morgan fingerprint density at radius 1 is 1.29 bits per heavy atom. The Balaban J connectivity index is 2.25. The van der Waals surface area contributed by atoms with Crippen molar-refractivity contribution in [3.8, 4) is 17.0 Å². The quantitative estimate of drug-likeness (QED) is 0.801. The first-order chi connectivity index (χ1) is 10.2. The highest BCUT2D eigenvalue weighted by atomic mass is 19.1. The highest BCUT2D eigenvalue weighted by molar-refractivity contribution is 5.68. The molecule has 2 N–H and O–H groups in total. The number of methoxy groups -OCH3 is 1. The van der Waals surface area contributed by atoms with E-state index in [-0.39, 0.29) is 5.82 Å². The molecule has 0 aliphatic carbocycles. The zero-order valence-electron chi connectivity index (χ0n) is 11.7. The maximum Gasteiger partial charge on any atom is 0.173 e. The third-order valence-electron chi connectivity index (χ3n) is 3.43. The third-order valence-corrected chi connectivity index (χ3v) is 3.43. The van der Waals surface area contributed by atoms with Crippen molar-refractivity contribution < 1.29 is 9.13 Å². The number of benzene rings is 1. The van der Waals surface area contributed by atoms with Crippen LogP contribution in [0.15, 0.2) is 42.6 Å². The molecule has 21 heavy (non-hydrogen) atoms. The molecular weight excluding hydrogens is 269 g/mol. The molecule has 108 valence electrons. The lowest BCUT2D eigenvalue weighted by Gasteiger charge is -2.05. The molecule has 0 fully saturated rings. The molecule has 2 aromatic heterocycles. The van der Waals surface area contributed by atoms with Crippen molar-refractivity contribution in [1.29, 1.82) is 0 Å². The van der Waals surface area contributed by atoms with Gasteiger partial charge in [0.25, 0.3) is 0 Å². The number of pyridine rings is 1. The number of ether oxygens (including phenoxy) is 1. The minimum Gasteiger partial charge on any atom is -0.497 e. The lowest BCUT2D eigenvalue weighted by atomic mass is 10.1. The molecule has 4 nitrogen and oxygen atoms in total. The van der Waals surface area contributed by atoms with Gasteiger partial charge in [-0.25, -0.2) is 9.37 Å². The Hall–Kier alpha value is -2.40. The van der Waals surface area contributed by atoms with Crippen molar-refractivity contribution in [3.63, 3.8) is 0 Å². The van der Waals surface area contributed by atoms with E-state index in [0.29, 0.717) is 18.6 Å². The SMILES string of the molecule is COc1cccc(-c2nc3c(F)cccn3c2CCN)c1. The Morgan fingerprint density at radius 2 is 2.14 bits per heavy atom. The minimum absolute atomic E-state index is 0.318. The van der Waals surface area contributed by atoms with E-state index in [1.54, 1.807) is 23.8 Å². The van der Waals surface area contributed by atoms with Gasteiger partial charge in [0.05, 0.1) is 18.5 Å². The highest BCUT2D eigenvalue weighted by Crippen LogP contribution is 2.28. The Bertz CT molecular complexity index is 782. The predicted molar refractivity (Wildman–Crippen MR) is 79.9 cm³/mol. The number of hydrogen-bond donors (Lipinski definition) is 1.